The Bertz CT molecular complexity index is 1020. The maximum atomic E-state index is 14.3. The van der Waals surface area contributed by atoms with Crippen LogP contribution in [-0.4, -0.2) is 37.2 Å². The molecule has 0 unspecified atom stereocenters. The number of rotatable bonds is 4. The first kappa shape index (κ1) is 17.6. The molecule has 0 N–H and O–H groups in total. The van der Waals surface area contributed by atoms with Crippen LogP contribution < -0.4 is 10.6 Å². The van der Waals surface area contributed by atoms with E-state index in [0.29, 0.717) is 43.6 Å². The number of piperidine rings is 1. The molecular formula is C19H23FN6O. The zero-order valence-electron chi connectivity index (χ0n) is 15.6. The van der Waals surface area contributed by atoms with Gasteiger partial charge in [-0.15, -0.1) is 0 Å². The summed E-state index contributed by atoms with van der Waals surface area (Å²) >= 11 is 0. The molecule has 1 fully saturated rings. The van der Waals surface area contributed by atoms with Gasteiger partial charge >= 0.3 is 5.69 Å². The summed E-state index contributed by atoms with van der Waals surface area (Å²) in [6.45, 7) is 6.31. The van der Waals surface area contributed by atoms with Crippen molar-refractivity contribution in [3.63, 3.8) is 0 Å². The predicted molar refractivity (Wildman–Crippen MR) is 101 cm³/mol. The third-order valence-corrected chi connectivity index (χ3v) is 5.39. The van der Waals surface area contributed by atoms with Gasteiger partial charge in [-0.1, -0.05) is 0 Å². The fraction of sp³-hybridized carbons (Fsp3) is 0.474. The Morgan fingerprint density at radius 1 is 1.19 bits per heavy atom. The number of anilines is 1. The lowest BCUT2D eigenvalue weighted by Crippen LogP contribution is -2.37. The van der Waals surface area contributed by atoms with Crippen LogP contribution in [0.2, 0.25) is 0 Å². The van der Waals surface area contributed by atoms with Gasteiger partial charge in [0.1, 0.15) is 6.33 Å². The minimum Gasteiger partial charge on any atom is -0.354 e. The summed E-state index contributed by atoms with van der Waals surface area (Å²) in [5.74, 6) is 0.382. The second kappa shape index (κ2) is 7.09. The van der Waals surface area contributed by atoms with Gasteiger partial charge < -0.3 is 4.90 Å². The molecule has 0 bridgehead atoms. The first-order valence-electron chi connectivity index (χ1n) is 9.36. The highest BCUT2D eigenvalue weighted by molar-refractivity contribution is 5.71. The fourth-order valence-corrected chi connectivity index (χ4v) is 3.87. The quantitative estimate of drug-likeness (QED) is 0.705. The van der Waals surface area contributed by atoms with Crippen molar-refractivity contribution < 1.29 is 4.39 Å². The second-order valence-electron chi connectivity index (χ2n) is 7.01. The first-order valence-corrected chi connectivity index (χ1v) is 9.36. The van der Waals surface area contributed by atoms with Crippen LogP contribution in [0.5, 0.6) is 0 Å². The smallest absolute Gasteiger partial charge is 0.330 e. The average Bonchev–Trinajstić information content (AvgIpc) is 2.96. The van der Waals surface area contributed by atoms with Crippen LogP contribution in [0.25, 0.3) is 11.2 Å². The summed E-state index contributed by atoms with van der Waals surface area (Å²) in [5, 5.41) is 0. The molecule has 27 heavy (non-hydrogen) atoms. The van der Waals surface area contributed by atoms with E-state index in [1.807, 2.05) is 24.0 Å². The number of aromatic nitrogens is 5. The Kier molecular flexibility index (Phi) is 4.63. The molecule has 0 aliphatic carbocycles. The van der Waals surface area contributed by atoms with E-state index in [-0.39, 0.29) is 11.5 Å². The van der Waals surface area contributed by atoms with Crippen molar-refractivity contribution in [2.24, 2.45) is 5.92 Å². The number of pyridine rings is 1. The van der Waals surface area contributed by atoms with Gasteiger partial charge in [0.15, 0.2) is 17.3 Å². The minimum absolute atomic E-state index is 0.00824. The first-order chi connectivity index (χ1) is 13.1. The van der Waals surface area contributed by atoms with E-state index < -0.39 is 0 Å². The standard InChI is InChI=1S/C19H23FN6O/c1-3-25-15-5-4-8-21-17(15)26(19(25)27)11-14-6-9-24(10-7-14)18-16(20)13(2)22-12-23-18/h4-5,8,12,14H,3,6-7,9-11H2,1-2H3. The fourth-order valence-electron chi connectivity index (χ4n) is 3.87. The summed E-state index contributed by atoms with van der Waals surface area (Å²) in [6, 6.07) is 3.79. The van der Waals surface area contributed by atoms with Gasteiger partial charge in [-0.05, 0) is 44.7 Å². The normalized spacial score (nSPS) is 15.6. The molecule has 7 nitrogen and oxygen atoms in total. The number of aryl methyl sites for hydroxylation is 2. The lowest BCUT2D eigenvalue weighted by Gasteiger charge is -2.33. The third-order valence-electron chi connectivity index (χ3n) is 5.39. The number of imidazole rings is 1. The summed E-state index contributed by atoms with van der Waals surface area (Å²) in [5.41, 5.74) is 1.98. The van der Waals surface area contributed by atoms with E-state index in [1.54, 1.807) is 22.3 Å². The van der Waals surface area contributed by atoms with Gasteiger partial charge in [0, 0.05) is 32.4 Å². The largest absolute Gasteiger partial charge is 0.354 e. The van der Waals surface area contributed by atoms with Gasteiger partial charge in [-0.3, -0.25) is 9.13 Å². The van der Waals surface area contributed by atoms with Gasteiger partial charge in [-0.2, -0.15) is 0 Å². The molecular weight excluding hydrogens is 347 g/mol. The SMILES string of the molecule is CCn1c(=O)n(CC2CCN(c3ncnc(C)c3F)CC2)c2ncccc21. The topological polar surface area (TPSA) is 68.8 Å². The highest BCUT2D eigenvalue weighted by Crippen LogP contribution is 2.26. The van der Waals surface area contributed by atoms with E-state index in [9.17, 15) is 9.18 Å². The highest BCUT2D eigenvalue weighted by Gasteiger charge is 2.25. The molecule has 0 amide bonds. The van der Waals surface area contributed by atoms with Gasteiger partial charge in [0.05, 0.1) is 11.2 Å². The van der Waals surface area contributed by atoms with Crippen LogP contribution >= 0.6 is 0 Å². The van der Waals surface area contributed by atoms with Gasteiger partial charge in [0.25, 0.3) is 0 Å². The molecule has 0 aromatic carbocycles. The zero-order valence-corrected chi connectivity index (χ0v) is 15.6. The van der Waals surface area contributed by atoms with Crippen molar-refractivity contribution in [3.8, 4) is 0 Å². The molecule has 1 aliphatic rings. The Morgan fingerprint density at radius 3 is 2.70 bits per heavy atom. The molecule has 1 aliphatic heterocycles. The van der Waals surface area contributed by atoms with E-state index in [4.69, 9.17) is 0 Å². The molecule has 0 radical (unpaired) electrons. The maximum Gasteiger partial charge on any atom is 0.330 e. The van der Waals surface area contributed by atoms with Crippen LogP contribution in [-0.2, 0) is 13.1 Å². The summed E-state index contributed by atoms with van der Waals surface area (Å²) < 4.78 is 17.8. The highest BCUT2D eigenvalue weighted by atomic mass is 19.1. The molecule has 8 heteroatoms. The summed E-state index contributed by atoms with van der Waals surface area (Å²) in [7, 11) is 0. The molecule has 0 spiro atoms. The molecule has 0 atom stereocenters. The predicted octanol–water partition coefficient (Wildman–Crippen LogP) is 2.37. The molecule has 0 saturated carbocycles. The van der Waals surface area contributed by atoms with Crippen molar-refractivity contribution in [1.82, 2.24) is 24.1 Å². The molecule has 1 saturated heterocycles. The monoisotopic (exact) mass is 370 g/mol. The lowest BCUT2D eigenvalue weighted by molar-refractivity contribution is 0.351. The van der Waals surface area contributed by atoms with Crippen molar-refractivity contribution >= 4 is 17.0 Å². The van der Waals surface area contributed by atoms with Gasteiger partial charge in [0.2, 0.25) is 0 Å². The summed E-state index contributed by atoms with van der Waals surface area (Å²) in [6.07, 6.45) is 4.88. The zero-order chi connectivity index (χ0) is 19.0. The molecule has 4 rings (SSSR count). The Morgan fingerprint density at radius 2 is 1.96 bits per heavy atom. The average molecular weight is 370 g/mol. The third kappa shape index (κ3) is 3.09. The number of halogens is 1. The number of hydrogen-bond donors (Lipinski definition) is 0. The van der Waals surface area contributed by atoms with Crippen LogP contribution in [0.15, 0.2) is 29.5 Å². The maximum absolute atomic E-state index is 14.3. The number of nitrogens with zero attached hydrogens (tertiary/aromatic N) is 6. The van der Waals surface area contributed by atoms with E-state index in [0.717, 1.165) is 24.0 Å². The Hall–Kier alpha value is -2.77. The van der Waals surface area contributed by atoms with Gasteiger partial charge in [-0.25, -0.2) is 24.1 Å². The van der Waals surface area contributed by atoms with Crippen molar-refractivity contribution in [1.29, 1.82) is 0 Å². The summed E-state index contributed by atoms with van der Waals surface area (Å²) in [4.78, 5) is 27.2. The number of fused-ring (bicyclic) bond motifs is 1. The van der Waals surface area contributed by atoms with Crippen molar-refractivity contribution in [2.75, 3.05) is 18.0 Å². The van der Waals surface area contributed by atoms with Crippen LogP contribution in [0.3, 0.4) is 0 Å². The lowest BCUT2D eigenvalue weighted by atomic mass is 9.96. The number of hydrogen-bond acceptors (Lipinski definition) is 5. The van der Waals surface area contributed by atoms with Crippen molar-refractivity contribution in [3.05, 3.63) is 46.7 Å². The van der Waals surface area contributed by atoms with E-state index >= 15 is 0 Å². The van der Waals surface area contributed by atoms with Crippen molar-refractivity contribution in [2.45, 2.75) is 39.8 Å². The van der Waals surface area contributed by atoms with E-state index in [1.165, 1.54) is 6.33 Å². The molecule has 4 heterocycles. The van der Waals surface area contributed by atoms with Crippen LogP contribution in [0, 0.1) is 18.7 Å². The van der Waals surface area contributed by atoms with E-state index in [2.05, 4.69) is 15.0 Å². The Balaban J connectivity index is 1.52. The minimum atomic E-state index is -0.345. The van der Waals surface area contributed by atoms with Crippen LogP contribution in [0.1, 0.15) is 25.5 Å². The van der Waals surface area contributed by atoms with Crippen LogP contribution in [0.4, 0.5) is 10.2 Å². The Labute approximate surface area is 156 Å². The second-order valence-corrected chi connectivity index (χ2v) is 7.01. The molecule has 3 aromatic rings. The molecule has 142 valence electrons. The molecule has 3 aromatic heterocycles.